The van der Waals surface area contributed by atoms with Crippen molar-refractivity contribution in [1.82, 2.24) is 5.32 Å². The van der Waals surface area contributed by atoms with E-state index in [0.717, 1.165) is 10.9 Å². The van der Waals surface area contributed by atoms with Crippen LogP contribution < -0.4 is 20.1 Å². The van der Waals surface area contributed by atoms with E-state index < -0.39 is 10.0 Å². The Morgan fingerprint density at radius 3 is 2.42 bits per heavy atom. The maximum atomic E-state index is 12.7. The summed E-state index contributed by atoms with van der Waals surface area (Å²) in [5, 5.41) is 6.63. The van der Waals surface area contributed by atoms with Crippen molar-refractivity contribution in [3.63, 3.8) is 0 Å². The van der Waals surface area contributed by atoms with E-state index in [4.69, 9.17) is 17.0 Å². The third kappa shape index (κ3) is 6.68. The highest BCUT2D eigenvalue weighted by atomic mass is 79.9. The predicted molar refractivity (Wildman–Crippen MR) is 132 cm³/mol. The van der Waals surface area contributed by atoms with Gasteiger partial charge >= 0.3 is 0 Å². The van der Waals surface area contributed by atoms with Gasteiger partial charge in [0.15, 0.2) is 5.11 Å². The van der Waals surface area contributed by atoms with Crippen LogP contribution in [0, 0.1) is 0 Å². The molecule has 9 heteroatoms. The summed E-state index contributed by atoms with van der Waals surface area (Å²) in [6.07, 6.45) is 0.832. The summed E-state index contributed by atoms with van der Waals surface area (Å²) in [7, 11) is -2.29. The number of anilines is 2. The number of sulfonamides is 1. The fourth-order valence-electron chi connectivity index (χ4n) is 2.81. The van der Waals surface area contributed by atoms with Gasteiger partial charge < -0.3 is 15.4 Å². The lowest BCUT2D eigenvalue weighted by atomic mass is 10.1. The Kier molecular flexibility index (Phi) is 7.89. The van der Waals surface area contributed by atoms with Crippen molar-refractivity contribution in [2.75, 3.05) is 23.7 Å². The molecule has 162 valence electrons. The topological polar surface area (TPSA) is 79.5 Å². The smallest absolute Gasteiger partial charge is 0.262 e. The lowest BCUT2D eigenvalue weighted by Gasteiger charge is -2.15. The Morgan fingerprint density at radius 1 is 1.03 bits per heavy atom. The maximum Gasteiger partial charge on any atom is 0.262 e. The molecule has 0 heterocycles. The molecule has 0 saturated carbocycles. The summed E-state index contributed by atoms with van der Waals surface area (Å²) in [6, 6.07) is 21.5. The van der Waals surface area contributed by atoms with Crippen molar-refractivity contribution < 1.29 is 13.2 Å². The molecular weight excluding hydrogens is 498 g/mol. The van der Waals surface area contributed by atoms with E-state index in [1.807, 2.05) is 18.2 Å². The standard InChI is InChI=1S/C22H22BrN3O3S2/c1-29-21-15-19(31(27,28)26-18-9-7-17(23)8-10-18)11-12-20(21)25-22(30)24-14-13-16-5-3-2-4-6-16/h2-12,15,26H,13-14H2,1H3,(H2,24,25,30). The average molecular weight is 520 g/mol. The molecule has 0 aliphatic carbocycles. The van der Waals surface area contributed by atoms with Crippen LogP contribution >= 0.6 is 28.1 Å². The summed E-state index contributed by atoms with van der Waals surface area (Å²) in [6.45, 7) is 0.668. The first-order chi connectivity index (χ1) is 14.9. The highest BCUT2D eigenvalue weighted by Crippen LogP contribution is 2.28. The molecule has 3 N–H and O–H groups in total. The number of ether oxygens (including phenoxy) is 1. The molecule has 0 atom stereocenters. The quantitative estimate of drug-likeness (QED) is 0.371. The number of methoxy groups -OCH3 is 1. The molecule has 0 bridgehead atoms. The Labute approximate surface area is 196 Å². The Hall–Kier alpha value is -2.62. The van der Waals surface area contributed by atoms with Crippen LogP contribution in [0.4, 0.5) is 11.4 Å². The molecule has 3 rings (SSSR count). The zero-order valence-electron chi connectivity index (χ0n) is 16.8. The highest BCUT2D eigenvalue weighted by molar-refractivity contribution is 9.10. The fraction of sp³-hybridized carbons (Fsp3) is 0.136. The Bertz CT molecular complexity index is 1140. The van der Waals surface area contributed by atoms with Gasteiger partial charge in [0, 0.05) is 22.8 Å². The molecule has 0 saturated heterocycles. The number of nitrogens with one attached hydrogen (secondary N) is 3. The van der Waals surface area contributed by atoms with Crippen LogP contribution in [0.25, 0.3) is 0 Å². The Balaban J connectivity index is 1.64. The van der Waals surface area contributed by atoms with Crippen molar-refractivity contribution >= 4 is 54.7 Å². The third-order valence-corrected chi connectivity index (χ3v) is 6.52. The lowest BCUT2D eigenvalue weighted by Crippen LogP contribution is -2.30. The lowest BCUT2D eigenvalue weighted by molar-refractivity contribution is 0.415. The minimum atomic E-state index is -3.77. The fourth-order valence-corrected chi connectivity index (χ4v) is 4.36. The molecule has 0 aliphatic rings. The summed E-state index contributed by atoms with van der Waals surface area (Å²) in [4.78, 5) is 0.0840. The molecule has 0 spiro atoms. The van der Waals surface area contributed by atoms with E-state index in [1.165, 1.54) is 24.8 Å². The summed E-state index contributed by atoms with van der Waals surface area (Å²) in [5.74, 6) is 0.367. The molecule has 31 heavy (non-hydrogen) atoms. The van der Waals surface area contributed by atoms with Crippen LogP contribution in [-0.4, -0.2) is 27.2 Å². The van der Waals surface area contributed by atoms with Gasteiger partial charge in [-0.1, -0.05) is 46.3 Å². The number of hydrogen-bond acceptors (Lipinski definition) is 4. The van der Waals surface area contributed by atoms with Crippen molar-refractivity contribution in [1.29, 1.82) is 0 Å². The molecule has 0 aliphatic heterocycles. The van der Waals surface area contributed by atoms with Crippen LogP contribution in [0.1, 0.15) is 5.56 Å². The normalized spacial score (nSPS) is 10.9. The molecule has 0 aromatic heterocycles. The first-order valence-electron chi connectivity index (χ1n) is 9.42. The maximum absolute atomic E-state index is 12.7. The van der Waals surface area contributed by atoms with E-state index >= 15 is 0 Å². The van der Waals surface area contributed by atoms with Crippen LogP contribution in [0.2, 0.25) is 0 Å². The molecule has 3 aromatic carbocycles. The zero-order chi connectivity index (χ0) is 22.3. The minimum Gasteiger partial charge on any atom is -0.495 e. The van der Waals surface area contributed by atoms with Crippen molar-refractivity contribution in [2.24, 2.45) is 0 Å². The highest BCUT2D eigenvalue weighted by Gasteiger charge is 2.17. The second-order valence-electron chi connectivity index (χ2n) is 6.59. The number of benzene rings is 3. The van der Waals surface area contributed by atoms with Gasteiger partial charge in [-0.15, -0.1) is 0 Å². The average Bonchev–Trinajstić information content (AvgIpc) is 2.76. The van der Waals surface area contributed by atoms with E-state index in [9.17, 15) is 8.42 Å². The zero-order valence-corrected chi connectivity index (χ0v) is 20.0. The molecule has 3 aromatic rings. The molecule has 0 amide bonds. The molecule has 6 nitrogen and oxygen atoms in total. The van der Waals surface area contributed by atoms with E-state index in [-0.39, 0.29) is 4.90 Å². The molecule has 0 fully saturated rings. The van der Waals surface area contributed by atoms with E-state index in [2.05, 4.69) is 43.4 Å². The van der Waals surface area contributed by atoms with Gasteiger partial charge in [-0.3, -0.25) is 4.72 Å². The SMILES string of the molecule is COc1cc(S(=O)(=O)Nc2ccc(Br)cc2)ccc1NC(=S)NCCc1ccccc1. The largest absolute Gasteiger partial charge is 0.495 e. The summed E-state index contributed by atoms with van der Waals surface area (Å²) >= 11 is 8.68. The van der Waals surface area contributed by atoms with Crippen LogP contribution in [0.3, 0.4) is 0 Å². The van der Waals surface area contributed by atoms with Crippen LogP contribution in [0.15, 0.2) is 82.2 Å². The van der Waals surface area contributed by atoms with Crippen molar-refractivity contribution in [3.8, 4) is 5.75 Å². The van der Waals surface area contributed by atoms with Crippen LogP contribution in [0.5, 0.6) is 5.75 Å². The first-order valence-corrected chi connectivity index (χ1v) is 12.1. The monoisotopic (exact) mass is 519 g/mol. The van der Waals surface area contributed by atoms with Gasteiger partial charge in [0.05, 0.1) is 17.7 Å². The van der Waals surface area contributed by atoms with Gasteiger partial charge in [0.2, 0.25) is 0 Å². The molecule has 0 unspecified atom stereocenters. The summed E-state index contributed by atoms with van der Waals surface area (Å²) < 4.78 is 34.2. The summed E-state index contributed by atoms with van der Waals surface area (Å²) in [5.41, 5.74) is 2.25. The van der Waals surface area contributed by atoms with Gasteiger partial charge in [0.25, 0.3) is 10.0 Å². The number of halogens is 1. The van der Waals surface area contributed by atoms with Crippen molar-refractivity contribution in [3.05, 3.63) is 82.8 Å². The number of thiocarbonyl (C=S) groups is 1. The van der Waals surface area contributed by atoms with E-state index in [1.54, 1.807) is 30.3 Å². The second kappa shape index (κ2) is 10.6. The van der Waals surface area contributed by atoms with Crippen LogP contribution in [-0.2, 0) is 16.4 Å². The first kappa shape index (κ1) is 23.1. The van der Waals surface area contributed by atoms with E-state index in [0.29, 0.717) is 28.8 Å². The third-order valence-electron chi connectivity index (χ3n) is 4.37. The van der Waals surface area contributed by atoms with Gasteiger partial charge in [-0.05, 0) is 60.6 Å². The molecular formula is C22H22BrN3O3S2. The van der Waals surface area contributed by atoms with Gasteiger partial charge in [-0.25, -0.2) is 8.42 Å². The second-order valence-corrected chi connectivity index (χ2v) is 9.60. The van der Waals surface area contributed by atoms with Crippen molar-refractivity contribution in [2.45, 2.75) is 11.3 Å². The number of hydrogen-bond donors (Lipinski definition) is 3. The number of rotatable bonds is 8. The Morgan fingerprint density at radius 2 is 1.74 bits per heavy atom. The van der Waals surface area contributed by atoms with Gasteiger partial charge in [-0.2, -0.15) is 0 Å². The van der Waals surface area contributed by atoms with Gasteiger partial charge in [0.1, 0.15) is 5.75 Å². The molecule has 0 radical (unpaired) electrons. The predicted octanol–water partition coefficient (Wildman–Crippen LogP) is 4.79. The minimum absolute atomic E-state index is 0.0840.